The summed E-state index contributed by atoms with van der Waals surface area (Å²) in [4.78, 5) is 27.7. The summed E-state index contributed by atoms with van der Waals surface area (Å²) in [7, 11) is 0. The number of nitrogens with zero attached hydrogens (tertiary/aromatic N) is 3. The zero-order valence-corrected chi connectivity index (χ0v) is 11.9. The molecular weight excluding hydrogens is 288 g/mol. The smallest absolute Gasteiger partial charge is 0.376 e. The molecule has 0 saturated carbocycles. The van der Waals surface area contributed by atoms with Gasteiger partial charge in [0.1, 0.15) is 6.54 Å². The van der Waals surface area contributed by atoms with Crippen molar-refractivity contribution in [2.45, 2.75) is 25.5 Å². The van der Waals surface area contributed by atoms with Crippen LogP contribution in [-0.4, -0.2) is 39.9 Å². The van der Waals surface area contributed by atoms with E-state index in [-0.39, 0.29) is 24.4 Å². The van der Waals surface area contributed by atoms with Crippen molar-refractivity contribution < 1.29 is 14.1 Å². The van der Waals surface area contributed by atoms with E-state index in [1.165, 1.54) is 4.57 Å². The van der Waals surface area contributed by atoms with Gasteiger partial charge in [-0.2, -0.15) is 0 Å². The first-order valence-corrected chi connectivity index (χ1v) is 7.09. The van der Waals surface area contributed by atoms with Crippen LogP contribution in [-0.2, 0) is 16.1 Å². The van der Waals surface area contributed by atoms with Gasteiger partial charge < -0.3 is 10.1 Å². The minimum Gasteiger partial charge on any atom is -0.376 e. The molecule has 8 nitrogen and oxygen atoms in total. The number of nitrogens with one attached hydrogen (secondary N) is 1. The third-order valence-corrected chi connectivity index (χ3v) is 3.46. The molecule has 22 heavy (non-hydrogen) atoms. The van der Waals surface area contributed by atoms with Crippen LogP contribution in [0.5, 0.6) is 0 Å². The zero-order chi connectivity index (χ0) is 15.4. The molecule has 0 aromatic carbocycles. The molecule has 0 aliphatic carbocycles. The van der Waals surface area contributed by atoms with Crippen LogP contribution in [0.2, 0.25) is 0 Å². The van der Waals surface area contributed by atoms with Gasteiger partial charge in [0, 0.05) is 31.1 Å². The topological polar surface area (TPSA) is 99.3 Å². The molecule has 2 aromatic rings. The lowest BCUT2D eigenvalue weighted by atomic mass is 10.2. The predicted octanol–water partition coefficient (Wildman–Crippen LogP) is 0.193. The second-order valence-electron chi connectivity index (χ2n) is 5.04. The Kier molecular flexibility index (Phi) is 4.29. The lowest BCUT2D eigenvalue weighted by Crippen LogP contribution is -2.36. The average molecular weight is 304 g/mol. The SMILES string of the molecule is O=C(Cn1c(-c2cccnc2)noc1=O)NC[C@H]1CCCO1. The zero-order valence-electron chi connectivity index (χ0n) is 11.9. The van der Waals surface area contributed by atoms with Crippen molar-refractivity contribution in [3.05, 3.63) is 35.1 Å². The highest BCUT2D eigenvalue weighted by Gasteiger charge is 2.19. The molecule has 1 amide bonds. The lowest BCUT2D eigenvalue weighted by molar-refractivity contribution is -0.122. The van der Waals surface area contributed by atoms with Gasteiger partial charge in [0.2, 0.25) is 5.91 Å². The van der Waals surface area contributed by atoms with Crippen molar-refractivity contribution in [3.63, 3.8) is 0 Å². The molecule has 0 bridgehead atoms. The number of hydrogen-bond donors (Lipinski definition) is 1. The van der Waals surface area contributed by atoms with Crippen molar-refractivity contribution in [1.82, 2.24) is 20.0 Å². The van der Waals surface area contributed by atoms with Crippen LogP contribution in [0.3, 0.4) is 0 Å². The fraction of sp³-hybridized carbons (Fsp3) is 0.429. The lowest BCUT2D eigenvalue weighted by Gasteiger charge is -2.11. The number of hydrogen-bond acceptors (Lipinski definition) is 6. The van der Waals surface area contributed by atoms with E-state index in [1.807, 2.05) is 0 Å². The van der Waals surface area contributed by atoms with E-state index in [1.54, 1.807) is 24.5 Å². The minimum absolute atomic E-state index is 0.0564. The van der Waals surface area contributed by atoms with Crippen molar-refractivity contribution in [2.75, 3.05) is 13.2 Å². The summed E-state index contributed by atoms with van der Waals surface area (Å²) >= 11 is 0. The van der Waals surface area contributed by atoms with Gasteiger partial charge in [0.05, 0.1) is 6.10 Å². The first-order valence-electron chi connectivity index (χ1n) is 7.09. The molecule has 3 rings (SSSR count). The molecule has 116 valence electrons. The van der Waals surface area contributed by atoms with Crippen LogP contribution < -0.4 is 11.1 Å². The summed E-state index contributed by atoms with van der Waals surface area (Å²) in [6.45, 7) is 1.02. The molecule has 1 N–H and O–H groups in total. The van der Waals surface area contributed by atoms with Gasteiger partial charge in [-0.05, 0) is 25.0 Å². The Hall–Kier alpha value is -2.48. The molecule has 3 heterocycles. The second-order valence-corrected chi connectivity index (χ2v) is 5.04. The quantitative estimate of drug-likeness (QED) is 0.846. The van der Waals surface area contributed by atoms with Crippen molar-refractivity contribution in [3.8, 4) is 11.4 Å². The Morgan fingerprint density at radius 3 is 3.14 bits per heavy atom. The number of amides is 1. The molecule has 0 spiro atoms. The van der Waals surface area contributed by atoms with E-state index in [4.69, 9.17) is 4.74 Å². The van der Waals surface area contributed by atoms with Crippen molar-refractivity contribution in [2.24, 2.45) is 0 Å². The Morgan fingerprint density at radius 2 is 2.41 bits per heavy atom. The van der Waals surface area contributed by atoms with Crippen LogP contribution in [0.25, 0.3) is 11.4 Å². The van der Waals surface area contributed by atoms with Crippen LogP contribution in [0.4, 0.5) is 0 Å². The van der Waals surface area contributed by atoms with E-state index in [0.717, 1.165) is 19.4 Å². The van der Waals surface area contributed by atoms with Gasteiger partial charge in [0.25, 0.3) is 0 Å². The highest BCUT2D eigenvalue weighted by Crippen LogP contribution is 2.13. The number of aromatic nitrogens is 3. The summed E-state index contributed by atoms with van der Waals surface area (Å²) in [5, 5.41) is 6.47. The largest absolute Gasteiger partial charge is 0.442 e. The van der Waals surface area contributed by atoms with Crippen molar-refractivity contribution in [1.29, 1.82) is 0 Å². The Morgan fingerprint density at radius 1 is 1.50 bits per heavy atom. The molecule has 1 saturated heterocycles. The number of ether oxygens (including phenoxy) is 1. The first-order chi connectivity index (χ1) is 10.7. The highest BCUT2D eigenvalue weighted by atomic mass is 16.5. The highest BCUT2D eigenvalue weighted by molar-refractivity contribution is 5.76. The molecule has 8 heteroatoms. The summed E-state index contributed by atoms with van der Waals surface area (Å²) in [5.74, 6) is -0.678. The Labute approximate surface area is 126 Å². The van der Waals surface area contributed by atoms with Crippen LogP contribution in [0.15, 0.2) is 33.8 Å². The van der Waals surface area contributed by atoms with Crippen LogP contribution in [0, 0.1) is 0 Å². The molecule has 1 atom stereocenters. The molecule has 1 aliphatic heterocycles. The monoisotopic (exact) mass is 304 g/mol. The summed E-state index contributed by atoms with van der Waals surface area (Å²) in [5.41, 5.74) is 0.611. The van der Waals surface area contributed by atoms with E-state index in [9.17, 15) is 9.59 Å². The Bertz CT molecular complexity index is 688. The van der Waals surface area contributed by atoms with Crippen molar-refractivity contribution >= 4 is 5.91 Å². The maximum absolute atomic E-state index is 12.0. The van der Waals surface area contributed by atoms with Crippen LogP contribution >= 0.6 is 0 Å². The average Bonchev–Trinajstić information content (AvgIpc) is 3.17. The molecule has 1 aliphatic rings. The normalized spacial score (nSPS) is 17.5. The molecule has 0 unspecified atom stereocenters. The maximum atomic E-state index is 12.0. The van der Waals surface area contributed by atoms with E-state index < -0.39 is 5.76 Å². The third-order valence-electron chi connectivity index (χ3n) is 3.46. The van der Waals surface area contributed by atoms with Gasteiger partial charge >= 0.3 is 5.76 Å². The van der Waals surface area contributed by atoms with E-state index >= 15 is 0 Å². The molecule has 1 fully saturated rings. The van der Waals surface area contributed by atoms with Gasteiger partial charge in [-0.25, -0.2) is 9.36 Å². The standard InChI is InChI=1S/C14H16N4O4/c19-12(16-8-11-4-2-6-21-11)9-18-13(17-22-14(18)20)10-3-1-5-15-7-10/h1,3,5,7,11H,2,4,6,8-9H2,(H,16,19)/t11-/m1/s1. The first kappa shape index (κ1) is 14.5. The number of carbonyl (C=O) groups excluding carboxylic acids is 1. The summed E-state index contributed by atoms with van der Waals surface area (Å²) in [6, 6.07) is 3.46. The van der Waals surface area contributed by atoms with Gasteiger partial charge in [-0.3, -0.25) is 14.3 Å². The van der Waals surface area contributed by atoms with E-state index in [0.29, 0.717) is 12.1 Å². The fourth-order valence-corrected chi connectivity index (χ4v) is 2.34. The van der Waals surface area contributed by atoms with E-state index in [2.05, 4.69) is 20.0 Å². The summed E-state index contributed by atoms with van der Waals surface area (Å²) < 4.78 is 11.3. The molecule has 0 radical (unpaired) electrons. The molecule has 2 aromatic heterocycles. The second kappa shape index (κ2) is 6.52. The summed E-state index contributed by atoms with van der Waals surface area (Å²) in [6.07, 6.45) is 5.17. The number of carbonyl (C=O) groups is 1. The van der Waals surface area contributed by atoms with Gasteiger partial charge in [-0.1, -0.05) is 5.16 Å². The number of rotatable bonds is 5. The maximum Gasteiger partial charge on any atom is 0.442 e. The third kappa shape index (κ3) is 3.22. The fourth-order valence-electron chi connectivity index (χ4n) is 2.34. The molecular formula is C14H16N4O4. The predicted molar refractivity (Wildman–Crippen MR) is 76.0 cm³/mol. The number of pyridine rings is 1. The van der Waals surface area contributed by atoms with Crippen LogP contribution in [0.1, 0.15) is 12.8 Å². The minimum atomic E-state index is -0.675. The van der Waals surface area contributed by atoms with Gasteiger partial charge in [-0.15, -0.1) is 0 Å². The Balaban J connectivity index is 1.68. The van der Waals surface area contributed by atoms with Gasteiger partial charge in [0.15, 0.2) is 5.82 Å².